The zero-order chi connectivity index (χ0) is 19.6. The largest absolute Gasteiger partial charge is 0.494 e. The van der Waals surface area contributed by atoms with Crippen LogP contribution in [0.3, 0.4) is 0 Å². The Bertz CT molecular complexity index is 767. The van der Waals surface area contributed by atoms with E-state index < -0.39 is 5.63 Å². The third-order valence-corrected chi connectivity index (χ3v) is 4.44. The van der Waals surface area contributed by atoms with Crippen LogP contribution in [0.2, 0.25) is 0 Å². The molecule has 0 spiro atoms. The third kappa shape index (κ3) is 6.59. The summed E-state index contributed by atoms with van der Waals surface area (Å²) in [5.41, 5.74) is 1.20. The molecule has 1 aromatic heterocycles. The quantitative estimate of drug-likeness (QED) is 0.579. The van der Waals surface area contributed by atoms with E-state index >= 15 is 0 Å². The van der Waals surface area contributed by atoms with Crippen LogP contribution in [0, 0.1) is 13.8 Å². The lowest BCUT2D eigenvalue weighted by Gasteiger charge is -2.10. The highest BCUT2D eigenvalue weighted by molar-refractivity contribution is 6.05. The van der Waals surface area contributed by atoms with Gasteiger partial charge >= 0.3 is 5.63 Å². The predicted octanol–water partition coefficient (Wildman–Crippen LogP) is 5.25. The minimum absolute atomic E-state index is 0.297. The fraction of sp³-hybridized carbons (Fsp3) is 0.455. The van der Waals surface area contributed by atoms with Crippen molar-refractivity contribution in [1.29, 1.82) is 0 Å². The maximum atomic E-state index is 12.5. The third-order valence-electron chi connectivity index (χ3n) is 4.44. The van der Waals surface area contributed by atoms with E-state index in [1.807, 2.05) is 12.1 Å². The standard InChI is InChI=1S/C22H29NO4/c1-4-5-6-7-8-9-14-26-19-12-10-18(11-13-19)23-22(25)21-16(2)15-20(24)27-17(21)3/h10-13,15H,4-9,14H2,1-3H3,(H,23,25). The lowest BCUT2D eigenvalue weighted by atomic mass is 10.1. The summed E-state index contributed by atoms with van der Waals surface area (Å²) in [5, 5.41) is 2.83. The fourth-order valence-corrected chi connectivity index (χ4v) is 3.00. The van der Waals surface area contributed by atoms with Gasteiger partial charge in [0.2, 0.25) is 0 Å². The van der Waals surface area contributed by atoms with Gasteiger partial charge in [-0.3, -0.25) is 4.79 Å². The van der Waals surface area contributed by atoms with Gasteiger partial charge < -0.3 is 14.5 Å². The predicted molar refractivity (Wildman–Crippen MR) is 108 cm³/mol. The maximum absolute atomic E-state index is 12.5. The lowest BCUT2D eigenvalue weighted by molar-refractivity contribution is 0.102. The summed E-state index contributed by atoms with van der Waals surface area (Å²) in [5.74, 6) is 0.811. The van der Waals surface area contributed by atoms with Gasteiger partial charge in [0.1, 0.15) is 11.5 Å². The molecular weight excluding hydrogens is 342 g/mol. The molecule has 1 amide bonds. The van der Waals surface area contributed by atoms with E-state index in [2.05, 4.69) is 12.2 Å². The Morgan fingerprint density at radius 3 is 2.37 bits per heavy atom. The van der Waals surface area contributed by atoms with E-state index in [-0.39, 0.29) is 5.91 Å². The van der Waals surface area contributed by atoms with Crippen molar-refractivity contribution in [2.75, 3.05) is 11.9 Å². The van der Waals surface area contributed by atoms with Crippen LogP contribution in [0.4, 0.5) is 5.69 Å². The summed E-state index contributed by atoms with van der Waals surface area (Å²) in [6.45, 7) is 6.26. The van der Waals surface area contributed by atoms with Gasteiger partial charge in [-0.25, -0.2) is 4.79 Å². The van der Waals surface area contributed by atoms with E-state index in [1.165, 1.54) is 38.2 Å². The van der Waals surface area contributed by atoms with Crippen molar-refractivity contribution in [2.24, 2.45) is 0 Å². The first-order valence-corrected chi connectivity index (χ1v) is 9.67. The van der Waals surface area contributed by atoms with Crippen molar-refractivity contribution >= 4 is 11.6 Å². The Balaban J connectivity index is 1.83. The molecule has 5 nitrogen and oxygen atoms in total. The molecule has 1 aromatic carbocycles. The van der Waals surface area contributed by atoms with Gasteiger partial charge in [-0.15, -0.1) is 0 Å². The normalized spacial score (nSPS) is 10.6. The van der Waals surface area contributed by atoms with Crippen molar-refractivity contribution in [2.45, 2.75) is 59.3 Å². The highest BCUT2D eigenvalue weighted by Gasteiger charge is 2.15. The second-order valence-corrected chi connectivity index (χ2v) is 6.77. The summed E-state index contributed by atoms with van der Waals surface area (Å²) >= 11 is 0. The Kier molecular flexibility index (Phi) is 8.11. The highest BCUT2D eigenvalue weighted by atomic mass is 16.5. The summed E-state index contributed by atoms with van der Waals surface area (Å²) in [4.78, 5) is 23.8. The van der Waals surface area contributed by atoms with Crippen LogP contribution in [0.25, 0.3) is 0 Å². The molecule has 0 atom stereocenters. The van der Waals surface area contributed by atoms with Gasteiger partial charge in [0.15, 0.2) is 0 Å². The molecule has 2 rings (SSSR count). The van der Waals surface area contributed by atoms with Gasteiger partial charge in [0, 0.05) is 11.8 Å². The number of carbonyl (C=O) groups excluding carboxylic acids is 1. The highest BCUT2D eigenvalue weighted by Crippen LogP contribution is 2.19. The second-order valence-electron chi connectivity index (χ2n) is 6.77. The summed E-state index contributed by atoms with van der Waals surface area (Å²) in [6, 6.07) is 8.62. The average molecular weight is 371 g/mol. The number of hydrogen-bond donors (Lipinski definition) is 1. The van der Waals surface area contributed by atoms with Crippen LogP contribution >= 0.6 is 0 Å². The molecule has 0 unspecified atom stereocenters. The monoisotopic (exact) mass is 371 g/mol. The van der Waals surface area contributed by atoms with Crippen LogP contribution in [0.5, 0.6) is 5.75 Å². The van der Waals surface area contributed by atoms with E-state index in [9.17, 15) is 9.59 Å². The Hall–Kier alpha value is -2.56. The zero-order valence-corrected chi connectivity index (χ0v) is 16.5. The molecular formula is C22H29NO4. The minimum atomic E-state index is -0.451. The van der Waals surface area contributed by atoms with Crippen LogP contribution in [-0.4, -0.2) is 12.5 Å². The smallest absolute Gasteiger partial charge is 0.336 e. The number of benzene rings is 1. The van der Waals surface area contributed by atoms with Crippen LogP contribution in [0.1, 0.15) is 67.1 Å². The molecule has 1 heterocycles. The SMILES string of the molecule is CCCCCCCCOc1ccc(NC(=O)c2c(C)cc(=O)oc2C)cc1. The van der Waals surface area contributed by atoms with E-state index in [4.69, 9.17) is 9.15 Å². The molecule has 146 valence electrons. The van der Waals surface area contributed by atoms with Crippen molar-refractivity contribution in [3.8, 4) is 5.75 Å². The molecule has 0 saturated carbocycles. The first-order chi connectivity index (χ1) is 13.0. The number of anilines is 1. The minimum Gasteiger partial charge on any atom is -0.494 e. The first kappa shape index (κ1) is 20.7. The molecule has 0 fully saturated rings. The maximum Gasteiger partial charge on any atom is 0.336 e. The van der Waals surface area contributed by atoms with Gasteiger partial charge in [0.05, 0.1) is 12.2 Å². The van der Waals surface area contributed by atoms with Crippen molar-refractivity contribution in [3.05, 3.63) is 57.6 Å². The number of ether oxygens (including phenoxy) is 1. The number of rotatable bonds is 10. The van der Waals surface area contributed by atoms with Crippen molar-refractivity contribution < 1.29 is 13.9 Å². The number of carbonyl (C=O) groups is 1. The zero-order valence-electron chi connectivity index (χ0n) is 16.5. The topological polar surface area (TPSA) is 68.5 Å². The Labute approximate surface area is 160 Å². The molecule has 5 heteroatoms. The second kappa shape index (κ2) is 10.6. The molecule has 0 aliphatic rings. The molecule has 0 bridgehead atoms. The average Bonchev–Trinajstić information content (AvgIpc) is 2.61. The summed E-state index contributed by atoms with van der Waals surface area (Å²) in [7, 11) is 0. The molecule has 0 saturated heterocycles. The van der Waals surface area contributed by atoms with Crippen LogP contribution in [0.15, 0.2) is 39.5 Å². The van der Waals surface area contributed by atoms with Crippen LogP contribution in [-0.2, 0) is 0 Å². The molecule has 1 N–H and O–H groups in total. The van der Waals surface area contributed by atoms with Crippen LogP contribution < -0.4 is 15.7 Å². The fourth-order valence-electron chi connectivity index (χ4n) is 3.00. The van der Waals surface area contributed by atoms with E-state index in [0.717, 1.165) is 12.2 Å². The number of hydrogen-bond acceptors (Lipinski definition) is 4. The first-order valence-electron chi connectivity index (χ1n) is 9.67. The van der Waals surface area contributed by atoms with Crippen molar-refractivity contribution in [1.82, 2.24) is 0 Å². The number of aryl methyl sites for hydroxylation is 2. The molecule has 0 aliphatic heterocycles. The van der Waals surface area contributed by atoms with Crippen molar-refractivity contribution in [3.63, 3.8) is 0 Å². The van der Waals surface area contributed by atoms with Gasteiger partial charge in [-0.2, -0.15) is 0 Å². The molecule has 27 heavy (non-hydrogen) atoms. The summed E-state index contributed by atoms with van der Waals surface area (Å²) < 4.78 is 10.8. The van der Waals surface area contributed by atoms with Gasteiger partial charge in [-0.05, 0) is 50.1 Å². The lowest BCUT2D eigenvalue weighted by Crippen LogP contribution is -2.17. The molecule has 0 radical (unpaired) electrons. The van der Waals surface area contributed by atoms with Gasteiger partial charge in [-0.1, -0.05) is 39.0 Å². The molecule has 0 aliphatic carbocycles. The summed E-state index contributed by atoms with van der Waals surface area (Å²) in [6.07, 6.45) is 7.38. The number of unbranched alkanes of at least 4 members (excludes halogenated alkanes) is 5. The van der Waals surface area contributed by atoms with E-state index in [0.29, 0.717) is 29.2 Å². The van der Waals surface area contributed by atoms with E-state index in [1.54, 1.807) is 26.0 Å². The Morgan fingerprint density at radius 1 is 1.04 bits per heavy atom. The number of nitrogens with one attached hydrogen (secondary N) is 1. The van der Waals surface area contributed by atoms with Gasteiger partial charge in [0.25, 0.3) is 5.91 Å². The molecule has 2 aromatic rings. The Morgan fingerprint density at radius 2 is 1.70 bits per heavy atom. The number of amides is 1.